The molecule has 0 saturated heterocycles. The van der Waals surface area contributed by atoms with Gasteiger partial charge in [-0.3, -0.25) is 0 Å². The Morgan fingerprint density at radius 1 is 0.629 bits per heavy atom. The summed E-state index contributed by atoms with van der Waals surface area (Å²) in [5.41, 5.74) is 15.3. The second-order valence-electron chi connectivity index (χ2n) is 11.3. The average molecular weight is 450 g/mol. The Morgan fingerprint density at radius 3 is 2.14 bits per heavy atom. The molecule has 168 valence electrons. The smallest absolute Gasteiger partial charge is 0.248 e. The van der Waals surface area contributed by atoms with E-state index in [1.165, 1.54) is 61.4 Å². The number of hydrogen-bond donors (Lipinski definition) is 0. The molecule has 0 aromatic heterocycles. The number of anilines is 4. The van der Waals surface area contributed by atoms with E-state index in [2.05, 4.69) is 128 Å². The van der Waals surface area contributed by atoms with Gasteiger partial charge in [-0.1, -0.05) is 86.0 Å². The molecule has 3 aliphatic heterocycles. The van der Waals surface area contributed by atoms with Gasteiger partial charge in [0.25, 0.3) is 0 Å². The average Bonchev–Trinajstić information content (AvgIpc) is 3.42. The van der Waals surface area contributed by atoms with Gasteiger partial charge in [-0.25, -0.2) is 0 Å². The monoisotopic (exact) mass is 450 g/mol. The van der Waals surface area contributed by atoms with E-state index >= 15 is 0 Å². The van der Waals surface area contributed by atoms with Gasteiger partial charge in [0.05, 0.1) is 11.4 Å². The van der Waals surface area contributed by atoms with Gasteiger partial charge < -0.3 is 9.80 Å². The lowest BCUT2D eigenvalue weighted by atomic mass is 9.35. The van der Waals surface area contributed by atoms with Crippen LogP contribution in [0.25, 0.3) is 11.0 Å². The fourth-order valence-electron chi connectivity index (χ4n) is 7.70. The Balaban J connectivity index is 1.47. The van der Waals surface area contributed by atoms with Crippen LogP contribution in [0, 0.1) is 0 Å². The molecule has 0 radical (unpaired) electrons. The van der Waals surface area contributed by atoms with Crippen molar-refractivity contribution in [2.75, 3.05) is 9.80 Å². The highest BCUT2D eigenvalue weighted by atomic mass is 15.5. The Bertz CT molecular complexity index is 1610. The van der Waals surface area contributed by atoms with Gasteiger partial charge in [-0.2, -0.15) is 0 Å². The van der Waals surface area contributed by atoms with Crippen LogP contribution < -0.4 is 20.7 Å². The van der Waals surface area contributed by atoms with Crippen LogP contribution in [0.15, 0.2) is 91.0 Å². The van der Waals surface area contributed by atoms with E-state index in [9.17, 15) is 0 Å². The van der Waals surface area contributed by atoms with Crippen molar-refractivity contribution in [3.8, 4) is 0 Å². The highest BCUT2D eigenvalue weighted by Gasteiger charge is 2.56. The first-order chi connectivity index (χ1) is 16.9. The van der Waals surface area contributed by atoms with Gasteiger partial charge in [0, 0.05) is 16.8 Å². The van der Waals surface area contributed by atoms with Crippen molar-refractivity contribution in [1.29, 1.82) is 0 Å². The van der Waals surface area contributed by atoms with Crippen LogP contribution in [0.3, 0.4) is 0 Å². The van der Waals surface area contributed by atoms with Crippen LogP contribution in [0.5, 0.6) is 0 Å². The molecule has 4 aromatic carbocycles. The van der Waals surface area contributed by atoms with Crippen molar-refractivity contribution in [1.82, 2.24) is 0 Å². The number of hydrogen-bond acceptors (Lipinski definition) is 2. The maximum atomic E-state index is 2.61. The van der Waals surface area contributed by atoms with Gasteiger partial charge >= 0.3 is 0 Å². The van der Waals surface area contributed by atoms with Crippen LogP contribution >= 0.6 is 0 Å². The SMILES string of the molecule is CC1(C)C2=C(B3c4cccc5c4N(c4cccc2c43)C(C)(C)N5c2ccccc2)c2ccccc21. The third kappa shape index (κ3) is 2.11. The molecule has 8 rings (SSSR count). The topological polar surface area (TPSA) is 6.48 Å². The lowest BCUT2D eigenvalue weighted by molar-refractivity contribution is 0.541. The van der Waals surface area contributed by atoms with E-state index in [-0.39, 0.29) is 17.8 Å². The van der Waals surface area contributed by atoms with Gasteiger partial charge in [0.2, 0.25) is 6.71 Å². The molecule has 0 saturated carbocycles. The molecule has 4 aliphatic rings. The van der Waals surface area contributed by atoms with E-state index < -0.39 is 0 Å². The Morgan fingerprint density at radius 2 is 1.31 bits per heavy atom. The zero-order chi connectivity index (χ0) is 23.7. The predicted molar refractivity (Wildman–Crippen MR) is 149 cm³/mol. The zero-order valence-corrected chi connectivity index (χ0v) is 20.6. The molecule has 0 fully saturated rings. The van der Waals surface area contributed by atoms with Crippen molar-refractivity contribution < 1.29 is 0 Å². The summed E-state index contributed by atoms with van der Waals surface area (Å²) in [6.07, 6.45) is 0. The second kappa shape index (κ2) is 6.09. The molecule has 2 nitrogen and oxygen atoms in total. The molecule has 0 N–H and O–H groups in total. The largest absolute Gasteiger partial charge is 0.317 e. The minimum atomic E-state index is -0.236. The molecule has 3 heteroatoms. The Kier molecular flexibility index (Phi) is 3.41. The van der Waals surface area contributed by atoms with E-state index in [0.717, 1.165) is 0 Å². The van der Waals surface area contributed by atoms with Gasteiger partial charge in [-0.15, -0.1) is 0 Å². The van der Waals surface area contributed by atoms with Crippen LogP contribution in [0.4, 0.5) is 22.7 Å². The molecule has 35 heavy (non-hydrogen) atoms. The van der Waals surface area contributed by atoms with Crippen molar-refractivity contribution in [3.05, 3.63) is 108 Å². The summed E-state index contributed by atoms with van der Waals surface area (Å²) in [5.74, 6) is 0. The maximum Gasteiger partial charge on any atom is 0.248 e. The van der Waals surface area contributed by atoms with E-state index in [1.807, 2.05) is 0 Å². The predicted octanol–water partition coefficient (Wildman–Crippen LogP) is 6.39. The molecule has 0 bridgehead atoms. The summed E-state index contributed by atoms with van der Waals surface area (Å²) in [7, 11) is 0. The molecule has 0 atom stereocenters. The molecule has 0 spiro atoms. The highest BCUT2D eigenvalue weighted by Crippen LogP contribution is 2.59. The fourth-order valence-corrected chi connectivity index (χ4v) is 7.70. The van der Waals surface area contributed by atoms with Crippen LogP contribution in [0.1, 0.15) is 44.4 Å². The maximum absolute atomic E-state index is 2.61. The van der Waals surface area contributed by atoms with E-state index in [0.29, 0.717) is 0 Å². The minimum Gasteiger partial charge on any atom is -0.317 e. The van der Waals surface area contributed by atoms with E-state index in [4.69, 9.17) is 0 Å². The Hall–Kier alpha value is -3.72. The first-order valence-corrected chi connectivity index (χ1v) is 12.7. The standard InChI is InChI=1S/C32H27BN2/c1-31(2)23-16-9-8-14-21(23)29-27(31)22-15-10-18-25-28(22)33(29)24-17-11-19-26-30(24)35(25)32(3,4)34(26)20-12-6-5-7-13-20/h5-19H,1-4H3. The minimum absolute atomic E-state index is 0.00327. The zero-order valence-electron chi connectivity index (χ0n) is 20.6. The summed E-state index contributed by atoms with van der Waals surface area (Å²) in [4.78, 5) is 5.13. The summed E-state index contributed by atoms with van der Waals surface area (Å²) in [6, 6.07) is 33.9. The lowest BCUT2D eigenvalue weighted by Gasteiger charge is -2.43. The van der Waals surface area contributed by atoms with Crippen LogP contribution in [-0.4, -0.2) is 12.4 Å². The molecular weight excluding hydrogens is 423 g/mol. The van der Waals surface area contributed by atoms with Gasteiger partial charge in [0.1, 0.15) is 5.66 Å². The summed E-state index contributed by atoms with van der Waals surface area (Å²) in [5, 5.41) is 0. The summed E-state index contributed by atoms with van der Waals surface area (Å²) in [6.45, 7) is 9.81. The molecule has 0 unspecified atom stereocenters. The van der Waals surface area contributed by atoms with E-state index in [1.54, 1.807) is 0 Å². The van der Waals surface area contributed by atoms with Gasteiger partial charge in [-0.05, 0) is 71.3 Å². The van der Waals surface area contributed by atoms with Crippen LogP contribution in [0.2, 0.25) is 0 Å². The van der Waals surface area contributed by atoms with Crippen molar-refractivity contribution in [3.63, 3.8) is 0 Å². The molecule has 1 aliphatic carbocycles. The highest BCUT2D eigenvalue weighted by molar-refractivity contribution is 7.05. The number of benzene rings is 4. The molecule has 3 heterocycles. The van der Waals surface area contributed by atoms with Gasteiger partial charge in [0.15, 0.2) is 0 Å². The number of nitrogens with zero attached hydrogens (tertiary/aromatic N) is 2. The summed E-state index contributed by atoms with van der Waals surface area (Å²) < 4.78 is 0. The number of para-hydroxylation sites is 2. The first kappa shape index (κ1) is 19.6. The second-order valence-corrected chi connectivity index (χ2v) is 11.3. The first-order valence-electron chi connectivity index (χ1n) is 12.7. The molecule has 4 aromatic rings. The Labute approximate surface area is 207 Å². The van der Waals surface area contributed by atoms with Crippen LogP contribution in [-0.2, 0) is 5.41 Å². The molecular formula is C32H27BN2. The van der Waals surface area contributed by atoms with Crippen molar-refractivity contribution in [2.24, 2.45) is 0 Å². The van der Waals surface area contributed by atoms with Crippen molar-refractivity contribution in [2.45, 2.75) is 38.8 Å². The van der Waals surface area contributed by atoms with Crippen molar-refractivity contribution >= 4 is 51.4 Å². The number of fused-ring (bicyclic) bond motifs is 6. The molecule has 0 amide bonds. The third-order valence-corrected chi connectivity index (χ3v) is 8.89. The fraction of sp³-hybridized carbons (Fsp3) is 0.188. The third-order valence-electron chi connectivity index (χ3n) is 8.89. The summed E-state index contributed by atoms with van der Waals surface area (Å²) >= 11 is 0. The normalized spacial score (nSPS) is 19.0. The lowest BCUT2D eigenvalue weighted by Crippen LogP contribution is -2.56. The number of rotatable bonds is 1. The quantitative estimate of drug-likeness (QED) is 0.310. The number of allylic oxidation sites excluding steroid dienone is 1.